The van der Waals surface area contributed by atoms with Crippen molar-refractivity contribution in [3.8, 4) is 11.3 Å². The fourth-order valence-electron chi connectivity index (χ4n) is 4.13. The molecule has 0 spiro atoms. The van der Waals surface area contributed by atoms with E-state index in [9.17, 15) is 4.79 Å². The van der Waals surface area contributed by atoms with Gasteiger partial charge >= 0.3 is 0 Å². The second-order valence-corrected chi connectivity index (χ2v) is 7.90. The number of hydrogen-bond acceptors (Lipinski definition) is 4. The van der Waals surface area contributed by atoms with Crippen molar-refractivity contribution < 1.29 is 9.53 Å². The van der Waals surface area contributed by atoms with E-state index in [1.165, 1.54) is 19.4 Å². The van der Waals surface area contributed by atoms with Crippen LogP contribution in [0.25, 0.3) is 11.3 Å². The van der Waals surface area contributed by atoms with Gasteiger partial charge < -0.3 is 15.0 Å². The molecule has 0 aliphatic carbocycles. The zero-order chi connectivity index (χ0) is 19.2. The largest absolute Gasteiger partial charge is 0.381 e. The summed E-state index contributed by atoms with van der Waals surface area (Å²) in [5.41, 5.74) is 2.58. The quantitative estimate of drug-likeness (QED) is 0.865. The van der Waals surface area contributed by atoms with Crippen LogP contribution in [0.15, 0.2) is 48.7 Å². The standard InChI is InChI=1S/C23H29N3O2/c27-23(20-6-7-22(24-16-20)19-4-2-1-3-5-19)25-21-8-12-26(13-9-21)17-18-10-14-28-15-11-18/h1-7,16,18,21H,8-15,17H2,(H,25,27). The number of nitrogens with one attached hydrogen (secondary N) is 1. The smallest absolute Gasteiger partial charge is 0.253 e. The van der Waals surface area contributed by atoms with Crippen molar-refractivity contribution in [1.29, 1.82) is 0 Å². The maximum atomic E-state index is 12.6. The van der Waals surface area contributed by atoms with E-state index in [2.05, 4.69) is 15.2 Å². The Kier molecular flexibility index (Phi) is 6.34. The van der Waals surface area contributed by atoms with Crippen LogP contribution in [0.2, 0.25) is 0 Å². The number of carbonyl (C=O) groups is 1. The molecule has 0 bridgehead atoms. The molecule has 2 saturated heterocycles. The lowest BCUT2D eigenvalue weighted by atomic mass is 9.97. The molecule has 2 aliphatic rings. The van der Waals surface area contributed by atoms with Crippen LogP contribution in [0.1, 0.15) is 36.0 Å². The number of benzene rings is 1. The summed E-state index contributed by atoms with van der Waals surface area (Å²) < 4.78 is 5.45. The zero-order valence-corrected chi connectivity index (χ0v) is 16.3. The molecule has 0 saturated carbocycles. The summed E-state index contributed by atoms with van der Waals surface area (Å²) in [6.45, 7) is 5.12. The van der Waals surface area contributed by atoms with Gasteiger partial charge in [-0.2, -0.15) is 0 Å². The average molecular weight is 380 g/mol. The van der Waals surface area contributed by atoms with Crippen LogP contribution >= 0.6 is 0 Å². The van der Waals surface area contributed by atoms with Crippen molar-refractivity contribution in [3.63, 3.8) is 0 Å². The van der Waals surface area contributed by atoms with Gasteiger partial charge in [-0.1, -0.05) is 30.3 Å². The number of aromatic nitrogens is 1. The molecule has 2 fully saturated rings. The molecule has 5 nitrogen and oxygen atoms in total. The number of amides is 1. The molecule has 3 heterocycles. The van der Waals surface area contributed by atoms with Crippen LogP contribution < -0.4 is 5.32 Å². The van der Waals surface area contributed by atoms with Crippen molar-refractivity contribution in [3.05, 3.63) is 54.2 Å². The van der Waals surface area contributed by atoms with E-state index in [4.69, 9.17) is 4.74 Å². The Balaban J connectivity index is 1.25. The van der Waals surface area contributed by atoms with E-state index in [0.29, 0.717) is 5.56 Å². The van der Waals surface area contributed by atoms with Gasteiger partial charge in [0.2, 0.25) is 0 Å². The van der Waals surface area contributed by atoms with Crippen LogP contribution in [0.3, 0.4) is 0 Å². The van der Waals surface area contributed by atoms with E-state index in [-0.39, 0.29) is 11.9 Å². The first-order valence-electron chi connectivity index (χ1n) is 10.4. The lowest BCUT2D eigenvalue weighted by molar-refractivity contribution is 0.0478. The molecule has 2 aliphatic heterocycles. The fourth-order valence-corrected chi connectivity index (χ4v) is 4.13. The van der Waals surface area contributed by atoms with Crippen molar-refractivity contribution >= 4 is 5.91 Å². The highest BCUT2D eigenvalue weighted by Crippen LogP contribution is 2.20. The first-order valence-corrected chi connectivity index (χ1v) is 10.4. The van der Waals surface area contributed by atoms with Crippen molar-refractivity contribution in [2.24, 2.45) is 5.92 Å². The number of carbonyl (C=O) groups excluding carboxylic acids is 1. The Labute approximate surface area is 167 Å². The van der Waals surface area contributed by atoms with E-state index in [1.54, 1.807) is 6.20 Å². The molecule has 2 aromatic rings. The maximum absolute atomic E-state index is 12.6. The molecule has 1 aromatic carbocycles. The zero-order valence-electron chi connectivity index (χ0n) is 16.3. The molecule has 0 atom stereocenters. The fraction of sp³-hybridized carbons (Fsp3) is 0.478. The second kappa shape index (κ2) is 9.30. The molecule has 1 N–H and O–H groups in total. The Morgan fingerprint density at radius 3 is 2.46 bits per heavy atom. The Morgan fingerprint density at radius 1 is 1.04 bits per heavy atom. The first kappa shape index (κ1) is 19.1. The van der Waals surface area contributed by atoms with Crippen molar-refractivity contribution in [2.45, 2.75) is 31.7 Å². The summed E-state index contributed by atoms with van der Waals surface area (Å²) in [6, 6.07) is 14.1. The molecule has 28 heavy (non-hydrogen) atoms. The topological polar surface area (TPSA) is 54.5 Å². The van der Waals surface area contributed by atoms with Gasteiger partial charge in [-0.15, -0.1) is 0 Å². The summed E-state index contributed by atoms with van der Waals surface area (Å²) in [4.78, 5) is 19.6. The molecule has 1 aromatic heterocycles. The second-order valence-electron chi connectivity index (χ2n) is 7.90. The van der Waals surface area contributed by atoms with Crippen LogP contribution in [0.5, 0.6) is 0 Å². The first-order chi connectivity index (χ1) is 13.8. The van der Waals surface area contributed by atoms with Crippen molar-refractivity contribution in [1.82, 2.24) is 15.2 Å². The summed E-state index contributed by atoms with van der Waals surface area (Å²) >= 11 is 0. The van der Waals surface area contributed by atoms with Crippen LogP contribution in [0, 0.1) is 5.92 Å². The maximum Gasteiger partial charge on any atom is 0.253 e. The third-order valence-corrected chi connectivity index (χ3v) is 5.88. The van der Waals surface area contributed by atoms with Gasteiger partial charge in [-0.25, -0.2) is 0 Å². The highest BCUT2D eigenvalue weighted by Gasteiger charge is 2.24. The Hall–Kier alpha value is -2.24. The third-order valence-electron chi connectivity index (χ3n) is 5.88. The SMILES string of the molecule is O=C(NC1CCN(CC2CCOCC2)CC1)c1ccc(-c2ccccc2)nc1. The predicted molar refractivity (Wildman–Crippen MR) is 110 cm³/mol. The molecule has 4 rings (SSSR count). The van der Waals surface area contributed by atoms with E-state index in [0.717, 1.165) is 56.3 Å². The summed E-state index contributed by atoms with van der Waals surface area (Å²) in [7, 11) is 0. The molecule has 5 heteroatoms. The number of rotatable bonds is 5. The molecule has 0 unspecified atom stereocenters. The van der Waals surface area contributed by atoms with Gasteiger partial charge in [0.25, 0.3) is 5.91 Å². The number of piperidine rings is 1. The van der Waals surface area contributed by atoms with Crippen molar-refractivity contribution in [2.75, 3.05) is 32.8 Å². The van der Waals surface area contributed by atoms with E-state index in [1.807, 2.05) is 42.5 Å². The molecule has 148 valence electrons. The predicted octanol–water partition coefficient (Wildman–Crippen LogP) is 3.37. The highest BCUT2D eigenvalue weighted by atomic mass is 16.5. The minimum Gasteiger partial charge on any atom is -0.381 e. The highest BCUT2D eigenvalue weighted by molar-refractivity contribution is 5.94. The molecular formula is C23H29N3O2. The Morgan fingerprint density at radius 2 is 1.79 bits per heavy atom. The lowest BCUT2D eigenvalue weighted by Crippen LogP contribution is -2.46. The average Bonchev–Trinajstić information content (AvgIpc) is 2.76. The van der Waals surface area contributed by atoms with Crippen LogP contribution in [-0.4, -0.2) is 54.7 Å². The third kappa shape index (κ3) is 4.97. The number of pyridine rings is 1. The van der Waals surface area contributed by atoms with Gasteiger partial charge in [0.15, 0.2) is 0 Å². The summed E-state index contributed by atoms with van der Waals surface area (Å²) in [5, 5.41) is 3.19. The minimum atomic E-state index is -0.0185. The van der Waals surface area contributed by atoms with Crippen LogP contribution in [0.4, 0.5) is 0 Å². The number of nitrogens with zero attached hydrogens (tertiary/aromatic N) is 2. The number of likely N-dealkylation sites (tertiary alicyclic amines) is 1. The van der Waals surface area contributed by atoms with Gasteiger partial charge in [0.1, 0.15) is 0 Å². The summed E-state index contributed by atoms with van der Waals surface area (Å²) in [5.74, 6) is 0.754. The number of ether oxygens (including phenoxy) is 1. The number of hydrogen-bond donors (Lipinski definition) is 1. The van der Waals surface area contributed by atoms with Gasteiger partial charge in [0.05, 0.1) is 11.3 Å². The van der Waals surface area contributed by atoms with E-state index < -0.39 is 0 Å². The van der Waals surface area contributed by atoms with E-state index >= 15 is 0 Å². The Bertz CT molecular complexity index is 749. The molecule has 1 amide bonds. The normalized spacial score (nSPS) is 19.4. The monoisotopic (exact) mass is 379 g/mol. The molecule has 0 radical (unpaired) electrons. The van der Waals surface area contributed by atoms with Gasteiger partial charge in [-0.05, 0) is 43.7 Å². The van der Waals surface area contributed by atoms with Gasteiger partial charge in [-0.3, -0.25) is 9.78 Å². The lowest BCUT2D eigenvalue weighted by Gasteiger charge is -2.35. The van der Waals surface area contributed by atoms with Crippen LogP contribution in [-0.2, 0) is 4.74 Å². The minimum absolute atomic E-state index is 0.0185. The molecular weight excluding hydrogens is 350 g/mol. The summed E-state index contributed by atoms with van der Waals surface area (Å²) in [6.07, 6.45) is 6.08. The van der Waals surface area contributed by atoms with Gasteiger partial charge in [0, 0.05) is 50.7 Å².